The molecule has 2 heterocycles. The van der Waals surface area contributed by atoms with Gasteiger partial charge in [-0.15, -0.1) is 0 Å². The minimum absolute atomic E-state index is 0.0185. The highest BCUT2D eigenvalue weighted by atomic mass is 32.2. The van der Waals surface area contributed by atoms with Gasteiger partial charge in [-0.25, -0.2) is 13.4 Å². The zero-order valence-corrected chi connectivity index (χ0v) is 37.8. The average molecular weight is 829 g/mol. The molecule has 59 heavy (non-hydrogen) atoms. The lowest BCUT2D eigenvalue weighted by Crippen LogP contribution is -2.65. The van der Waals surface area contributed by atoms with Crippen LogP contribution in [0.3, 0.4) is 0 Å². The van der Waals surface area contributed by atoms with Crippen LogP contribution in [-0.4, -0.2) is 79.7 Å². The molecule has 0 amide bonds. The van der Waals surface area contributed by atoms with Gasteiger partial charge in [0.05, 0.1) is 11.5 Å². The summed E-state index contributed by atoms with van der Waals surface area (Å²) in [6.45, 7) is 22.8. The van der Waals surface area contributed by atoms with Crippen molar-refractivity contribution in [3.05, 3.63) is 59.3 Å². The van der Waals surface area contributed by atoms with Crippen LogP contribution in [0.2, 0.25) is 0 Å². The van der Waals surface area contributed by atoms with Crippen molar-refractivity contribution in [1.29, 1.82) is 5.26 Å². The summed E-state index contributed by atoms with van der Waals surface area (Å²) in [4.78, 5) is 19.4. The number of ether oxygens (including phenoxy) is 1. The first kappa shape index (κ1) is 44.1. The van der Waals surface area contributed by atoms with Gasteiger partial charge in [0.15, 0.2) is 9.84 Å². The van der Waals surface area contributed by atoms with E-state index in [1.807, 2.05) is 0 Å². The molecular weight excluding hydrogens is 757 g/mol. The molecule has 1 aromatic heterocycles. The quantitative estimate of drug-likeness (QED) is 0.222. The number of nitrogens with zero attached hydrogens (tertiary/aromatic N) is 3. The number of carboxylic acids is 1. The average Bonchev–Trinajstić information content (AvgIpc) is 3.26. The molecule has 10 heteroatoms. The van der Waals surface area contributed by atoms with Gasteiger partial charge >= 0.3 is 5.97 Å². The molecule has 1 aromatic rings. The van der Waals surface area contributed by atoms with Gasteiger partial charge in [0.25, 0.3) is 0 Å². The van der Waals surface area contributed by atoms with Crippen molar-refractivity contribution in [3.8, 4) is 11.9 Å². The second-order valence-corrected chi connectivity index (χ2v) is 23.3. The van der Waals surface area contributed by atoms with Crippen LogP contribution in [0.5, 0.6) is 5.88 Å². The fourth-order valence-corrected chi connectivity index (χ4v) is 15.5. The van der Waals surface area contributed by atoms with Crippen molar-refractivity contribution >= 4 is 15.8 Å². The van der Waals surface area contributed by atoms with Crippen LogP contribution in [0.1, 0.15) is 131 Å². The van der Waals surface area contributed by atoms with E-state index in [0.29, 0.717) is 67.6 Å². The van der Waals surface area contributed by atoms with E-state index in [-0.39, 0.29) is 45.7 Å². The second kappa shape index (κ2) is 16.7. The van der Waals surface area contributed by atoms with Gasteiger partial charge in [0.2, 0.25) is 5.88 Å². The van der Waals surface area contributed by atoms with Crippen LogP contribution >= 0.6 is 0 Å². The first-order valence-corrected chi connectivity index (χ1v) is 24.7. The van der Waals surface area contributed by atoms with Crippen molar-refractivity contribution in [2.45, 2.75) is 131 Å². The Balaban J connectivity index is 1.12. The number of hydrogen-bond donors (Lipinski definition) is 2. The number of aromatic nitrogens is 1. The Kier molecular flexibility index (Phi) is 12.5. The maximum absolute atomic E-state index is 12.8. The van der Waals surface area contributed by atoms with Crippen LogP contribution in [0.15, 0.2) is 53.8 Å². The number of nitrogens with one attached hydrogen (secondary N) is 1. The minimum Gasteiger partial charge on any atom is -0.481 e. The maximum atomic E-state index is 12.8. The Morgan fingerprint density at radius 1 is 1.00 bits per heavy atom. The summed E-state index contributed by atoms with van der Waals surface area (Å²) >= 11 is 0. The van der Waals surface area contributed by atoms with Crippen molar-refractivity contribution in [2.75, 3.05) is 44.3 Å². The van der Waals surface area contributed by atoms with E-state index in [0.717, 1.165) is 19.5 Å². The number of pyridine rings is 1. The SMILES string of the molecule is C=C(C)C1CCCCC[C@]2(C)[C@H](CC[C@@H]3[C@@]4(C)CC=C(C5=CC[C@@](COc6ncccc6C#N)(C(=O)O)CC5)C(C)(C)[C@@H]4CC[C@]32C)[C@@H]1NCCN1CCS(=O)(=O)CC1. The van der Waals surface area contributed by atoms with E-state index in [1.165, 1.54) is 74.5 Å². The molecule has 6 aliphatic rings. The topological polar surface area (TPSA) is 133 Å². The zero-order valence-electron chi connectivity index (χ0n) is 37.0. The summed E-state index contributed by atoms with van der Waals surface area (Å²) in [6, 6.07) is 5.79. The molecule has 1 unspecified atom stereocenters. The van der Waals surface area contributed by atoms with Crippen LogP contribution in [0, 0.1) is 62.1 Å². The van der Waals surface area contributed by atoms with Crippen molar-refractivity contribution in [2.24, 2.45) is 50.7 Å². The molecule has 0 spiro atoms. The summed E-state index contributed by atoms with van der Waals surface area (Å²) in [5.41, 5.74) is 3.75. The molecular formula is C49H72N4O5S. The molecule has 5 aliphatic carbocycles. The smallest absolute Gasteiger partial charge is 0.313 e. The normalized spacial score (nSPS) is 38.3. The third-order valence-electron chi connectivity index (χ3n) is 17.8. The highest BCUT2D eigenvalue weighted by Gasteiger charge is 2.67. The fraction of sp³-hybridized carbons (Fsp3) is 0.735. The van der Waals surface area contributed by atoms with Crippen LogP contribution in [-0.2, 0) is 14.6 Å². The summed E-state index contributed by atoms with van der Waals surface area (Å²) in [5.74, 6) is 1.99. The molecule has 1 aliphatic heterocycles. The maximum Gasteiger partial charge on any atom is 0.313 e. The zero-order chi connectivity index (χ0) is 42.4. The number of carbonyl (C=O) groups is 1. The Labute approximate surface area is 355 Å². The Bertz CT molecular complexity index is 1970. The van der Waals surface area contributed by atoms with E-state index in [2.05, 4.69) is 81.5 Å². The van der Waals surface area contributed by atoms with E-state index < -0.39 is 21.2 Å². The number of nitriles is 1. The molecule has 324 valence electrons. The third kappa shape index (κ3) is 8.00. The molecule has 9 atom stereocenters. The Hall–Kier alpha value is -3.00. The van der Waals surface area contributed by atoms with Gasteiger partial charge in [-0.3, -0.25) is 4.79 Å². The second-order valence-electron chi connectivity index (χ2n) is 21.0. The Morgan fingerprint density at radius 2 is 1.76 bits per heavy atom. The standard InChI is InChI=1S/C49H72N4O5S/c1-34(2)37-13-9-8-10-20-47(6)39(42(37)51-26-27-53-28-30-59(56,57)31-29-53)14-15-41-46(5)21-18-38(45(3,4)40(46)19-22-48(41,47)7)35-16-23-49(24-17-35,44(54)55)33-58-43-36(32-50)12-11-25-52-43/h11-12,16,18,25,37,39-42,51H,1,8-10,13-15,17,19-24,26-31,33H2,2-7H3,(H,54,55)/t37?,39-,40+,41-,42-,46+,47-,48-,49-/m1/s1. The van der Waals surface area contributed by atoms with E-state index in [4.69, 9.17) is 4.74 Å². The van der Waals surface area contributed by atoms with Gasteiger partial charge in [-0.1, -0.05) is 78.2 Å². The lowest BCUT2D eigenvalue weighted by atomic mass is 9.34. The number of aliphatic carboxylic acids is 1. The number of sulfone groups is 1. The van der Waals surface area contributed by atoms with Gasteiger partial charge in [0.1, 0.15) is 23.7 Å². The van der Waals surface area contributed by atoms with Gasteiger partial charge in [0, 0.05) is 38.4 Å². The van der Waals surface area contributed by atoms with Crippen LogP contribution < -0.4 is 10.1 Å². The number of hydrogen-bond acceptors (Lipinski definition) is 8. The summed E-state index contributed by atoms with van der Waals surface area (Å²) in [6.07, 6.45) is 20.1. The lowest BCUT2D eigenvalue weighted by molar-refractivity contribution is -0.200. The molecule has 0 radical (unpaired) electrons. The predicted molar refractivity (Wildman–Crippen MR) is 234 cm³/mol. The molecule has 7 rings (SSSR count). The van der Waals surface area contributed by atoms with Crippen molar-refractivity contribution in [1.82, 2.24) is 15.2 Å². The molecule has 0 bridgehead atoms. The molecule has 1 saturated heterocycles. The van der Waals surface area contributed by atoms with Crippen LogP contribution in [0.4, 0.5) is 0 Å². The minimum atomic E-state index is -2.90. The number of rotatable bonds is 10. The van der Waals surface area contributed by atoms with Crippen molar-refractivity contribution in [3.63, 3.8) is 0 Å². The van der Waals surface area contributed by atoms with Gasteiger partial charge < -0.3 is 20.1 Å². The largest absolute Gasteiger partial charge is 0.481 e. The molecule has 9 nitrogen and oxygen atoms in total. The highest BCUT2D eigenvalue weighted by Crippen LogP contribution is 2.74. The van der Waals surface area contributed by atoms with E-state index in [9.17, 15) is 23.6 Å². The van der Waals surface area contributed by atoms with Crippen molar-refractivity contribution < 1.29 is 23.1 Å². The van der Waals surface area contributed by atoms with Gasteiger partial charge in [-0.2, -0.15) is 5.26 Å². The molecule has 4 fully saturated rings. The molecule has 0 aromatic carbocycles. The summed E-state index contributed by atoms with van der Waals surface area (Å²) < 4.78 is 30.2. The summed E-state index contributed by atoms with van der Waals surface area (Å²) in [7, 11) is -2.90. The van der Waals surface area contributed by atoms with Crippen LogP contribution in [0.25, 0.3) is 0 Å². The van der Waals surface area contributed by atoms with E-state index >= 15 is 0 Å². The first-order valence-electron chi connectivity index (χ1n) is 22.8. The van der Waals surface area contributed by atoms with Gasteiger partial charge in [-0.05, 0) is 140 Å². The molecule has 2 N–H and O–H groups in total. The fourth-order valence-electron chi connectivity index (χ4n) is 14.2. The first-order chi connectivity index (χ1) is 27.9. The monoisotopic (exact) mass is 829 g/mol. The number of carboxylic acid groups (broad SMARTS) is 1. The molecule has 3 saturated carbocycles. The highest BCUT2D eigenvalue weighted by molar-refractivity contribution is 7.91. The number of allylic oxidation sites excluding steroid dienone is 4. The number of fused-ring (bicyclic) bond motifs is 5. The summed E-state index contributed by atoms with van der Waals surface area (Å²) in [5, 5.41) is 24.2. The Morgan fingerprint density at radius 3 is 2.44 bits per heavy atom. The predicted octanol–water partition coefficient (Wildman–Crippen LogP) is 9.17. The third-order valence-corrected chi connectivity index (χ3v) is 19.4. The lowest BCUT2D eigenvalue weighted by Gasteiger charge is -2.70. The van der Waals surface area contributed by atoms with E-state index in [1.54, 1.807) is 18.3 Å².